The Morgan fingerprint density at radius 3 is 2.22 bits per heavy atom. The molecule has 0 bridgehead atoms. The van der Waals surface area contributed by atoms with Crippen LogP contribution in [-0.2, 0) is 0 Å². The number of ether oxygens (including phenoxy) is 1. The quantitative estimate of drug-likeness (QED) is 0.851. The highest BCUT2D eigenvalue weighted by molar-refractivity contribution is 5.76. The highest BCUT2D eigenvalue weighted by Gasteiger charge is 2.11. The number of phenols is 2. The van der Waals surface area contributed by atoms with Gasteiger partial charge in [0.25, 0.3) is 0 Å². The number of aromatic hydroxyl groups is 2. The Kier molecular flexibility index (Phi) is 3.15. The summed E-state index contributed by atoms with van der Waals surface area (Å²) in [7, 11) is 1.58. The Morgan fingerprint density at radius 1 is 0.833 bits per heavy atom. The monoisotopic (exact) mass is 244 g/mol. The molecule has 0 radical (unpaired) electrons. The summed E-state index contributed by atoms with van der Waals surface area (Å²) in [5.74, 6) is 1.06. The van der Waals surface area contributed by atoms with Crippen LogP contribution in [-0.4, -0.2) is 17.3 Å². The molecule has 2 aromatic rings. The number of hydrogen-bond acceptors (Lipinski definition) is 3. The van der Waals surface area contributed by atoms with E-state index in [1.54, 1.807) is 31.4 Å². The van der Waals surface area contributed by atoms with Gasteiger partial charge in [-0.25, -0.2) is 0 Å². The Balaban J connectivity index is 2.64. The second kappa shape index (κ2) is 4.61. The number of methoxy groups -OCH3 is 1. The van der Waals surface area contributed by atoms with Crippen molar-refractivity contribution in [1.29, 1.82) is 0 Å². The van der Waals surface area contributed by atoms with E-state index >= 15 is 0 Å². The second-order valence-corrected chi connectivity index (χ2v) is 4.34. The van der Waals surface area contributed by atoms with Crippen LogP contribution in [0.15, 0.2) is 30.3 Å². The Morgan fingerprint density at radius 2 is 1.56 bits per heavy atom. The van der Waals surface area contributed by atoms with Crippen LogP contribution < -0.4 is 4.74 Å². The van der Waals surface area contributed by atoms with Crippen molar-refractivity contribution >= 4 is 0 Å². The highest BCUT2D eigenvalue weighted by Crippen LogP contribution is 2.37. The molecule has 0 fully saturated rings. The van der Waals surface area contributed by atoms with Gasteiger partial charge in [-0.1, -0.05) is 6.07 Å². The van der Waals surface area contributed by atoms with Gasteiger partial charge in [0.2, 0.25) is 0 Å². The first-order chi connectivity index (χ1) is 8.52. The topological polar surface area (TPSA) is 49.7 Å². The third kappa shape index (κ3) is 2.12. The summed E-state index contributed by atoms with van der Waals surface area (Å²) in [5.41, 5.74) is 3.27. The maximum absolute atomic E-state index is 9.93. The van der Waals surface area contributed by atoms with Crippen LogP contribution in [0.4, 0.5) is 0 Å². The van der Waals surface area contributed by atoms with Gasteiger partial charge in [-0.15, -0.1) is 0 Å². The summed E-state index contributed by atoms with van der Waals surface area (Å²) in [6, 6.07) is 8.60. The van der Waals surface area contributed by atoms with E-state index < -0.39 is 0 Å². The van der Waals surface area contributed by atoms with Crippen LogP contribution in [0.2, 0.25) is 0 Å². The zero-order valence-electron chi connectivity index (χ0n) is 10.7. The second-order valence-electron chi connectivity index (χ2n) is 4.34. The van der Waals surface area contributed by atoms with E-state index in [2.05, 4.69) is 0 Å². The van der Waals surface area contributed by atoms with Gasteiger partial charge in [0.15, 0.2) is 0 Å². The first-order valence-corrected chi connectivity index (χ1v) is 5.70. The molecule has 0 aromatic heterocycles. The molecular weight excluding hydrogens is 228 g/mol. The van der Waals surface area contributed by atoms with Gasteiger partial charge >= 0.3 is 0 Å². The van der Waals surface area contributed by atoms with Gasteiger partial charge in [0, 0.05) is 5.56 Å². The molecule has 0 heterocycles. The lowest BCUT2D eigenvalue weighted by Gasteiger charge is -2.12. The molecule has 2 rings (SSSR count). The van der Waals surface area contributed by atoms with E-state index in [1.165, 1.54) is 0 Å². The molecule has 0 saturated heterocycles. The number of rotatable bonds is 2. The summed E-state index contributed by atoms with van der Waals surface area (Å²) < 4.78 is 5.15. The summed E-state index contributed by atoms with van der Waals surface area (Å²) in [6.45, 7) is 3.79. The van der Waals surface area contributed by atoms with Crippen molar-refractivity contribution in [1.82, 2.24) is 0 Å². The van der Waals surface area contributed by atoms with E-state index in [-0.39, 0.29) is 11.5 Å². The maximum Gasteiger partial charge on any atom is 0.123 e. The van der Waals surface area contributed by atoms with Crippen LogP contribution in [0.25, 0.3) is 11.1 Å². The van der Waals surface area contributed by atoms with Gasteiger partial charge in [-0.05, 0) is 54.8 Å². The zero-order chi connectivity index (χ0) is 13.3. The average Bonchev–Trinajstić information content (AvgIpc) is 2.35. The molecule has 0 aliphatic rings. The Hall–Kier alpha value is -2.16. The lowest BCUT2D eigenvalue weighted by molar-refractivity contribution is 0.412. The molecule has 0 amide bonds. The van der Waals surface area contributed by atoms with Crippen LogP contribution in [0, 0.1) is 13.8 Å². The molecule has 3 nitrogen and oxygen atoms in total. The van der Waals surface area contributed by atoms with E-state index in [4.69, 9.17) is 4.74 Å². The molecule has 0 spiro atoms. The van der Waals surface area contributed by atoms with Crippen LogP contribution in [0.3, 0.4) is 0 Å². The highest BCUT2D eigenvalue weighted by atomic mass is 16.5. The van der Waals surface area contributed by atoms with Gasteiger partial charge in [0.1, 0.15) is 17.2 Å². The third-order valence-electron chi connectivity index (χ3n) is 3.04. The predicted molar refractivity (Wildman–Crippen MR) is 71.2 cm³/mol. The molecule has 2 aromatic carbocycles. The number of aryl methyl sites for hydroxylation is 2. The largest absolute Gasteiger partial charge is 0.508 e. The van der Waals surface area contributed by atoms with E-state index in [0.29, 0.717) is 11.3 Å². The van der Waals surface area contributed by atoms with E-state index in [0.717, 1.165) is 16.7 Å². The fraction of sp³-hybridized carbons (Fsp3) is 0.200. The van der Waals surface area contributed by atoms with Crippen LogP contribution in [0.5, 0.6) is 17.2 Å². The van der Waals surface area contributed by atoms with E-state index in [1.807, 2.05) is 19.9 Å². The van der Waals surface area contributed by atoms with Crippen molar-refractivity contribution in [2.24, 2.45) is 0 Å². The van der Waals surface area contributed by atoms with Gasteiger partial charge in [-0.2, -0.15) is 0 Å². The lowest BCUT2D eigenvalue weighted by Crippen LogP contribution is -1.89. The van der Waals surface area contributed by atoms with Crippen LogP contribution >= 0.6 is 0 Å². The molecule has 0 unspecified atom stereocenters. The smallest absolute Gasteiger partial charge is 0.123 e. The Bertz CT molecular complexity index is 589. The molecule has 94 valence electrons. The van der Waals surface area contributed by atoms with Crippen LogP contribution in [0.1, 0.15) is 11.1 Å². The number of benzene rings is 2. The van der Waals surface area contributed by atoms with Gasteiger partial charge in [0.05, 0.1) is 7.11 Å². The molecular formula is C15H16O3. The van der Waals surface area contributed by atoms with Crippen molar-refractivity contribution in [2.75, 3.05) is 7.11 Å². The molecule has 0 atom stereocenters. The SMILES string of the molecule is COc1ccc(O)c(-c2cc(O)c(C)cc2C)c1. The molecule has 0 aliphatic carbocycles. The number of hydrogen-bond donors (Lipinski definition) is 2. The fourth-order valence-corrected chi connectivity index (χ4v) is 1.99. The molecule has 18 heavy (non-hydrogen) atoms. The molecule has 2 N–H and O–H groups in total. The first kappa shape index (κ1) is 12.3. The lowest BCUT2D eigenvalue weighted by atomic mass is 9.97. The van der Waals surface area contributed by atoms with Crippen molar-refractivity contribution < 1.29 is 14.9 Å². The standard InChI is InChI=1S/C15H16O3/c1-9-6-10(2)15(17)8-12(9)13-7-11(18-3)4-5-14(13)16/h4-8,16-17H,1-3H3. The van der Waals surface area contributed by atoms with Gasteiger partial charge in [-0.3, -0.25) is 0 Å². The van der Waals surface area contributed by atoms with Crippen molar-refractivity contribution in [3.05, 3.63) is 41.5 Å². The number of phenolic OH excluding ortho intramolecular Hbond substituents is 2. The predicted octanol–water partition coefficient (Wildman–Crippen LogP) is 3.39. The molecule has 0 saturated carbocycles. The maximum atomic E-state index is 9.93. The minimum Gasteiger partial charge on any atom is -0.508 e. The average molecular weight is 244 g/mol. The zero-order valence-corrected chi connectivity index (χ0v) is 10.7. The van der Waals surface area contributed by atoms with Crippen molar-refractivity contribution in [3.8, 4) is 28.4 Å². The summed E-state index contributed by atoms with van der Waals surface area (Å²) in [4.78, 5) is 0. The minimum absolute atomic E-state index is 0.169. The third-order valence-corrected chi connectivity index (χ3v) is 3.04. The first-order valence-electron chi connectivity index (χ1n) is 5.70. The summed E-state index contributed by atoms with van der Waals surface area (Å²) in [5, 5.41) is 19.7. The van der Waals surface area contributed by atoms with Crippen molar-refractivity contribution in [3.63, 3.8) is 0 Å². The minimum atomic E-state index is 0.169. The van der Waals surface area contributed by atoms with E-state index in [9.17, 15) is 10.2 Å². The fourth-order valence-electron chi connectivity index (χ4n) is 1.99. The summed E-state index contributed by atoms with van der Waals surface area (Å²) in [6.07, 6.45) is 0. The molecule has 0 aliphatic heterocycles. The normalized spacial score (nSPS) is 10.4. The molecule has 3 heteroatoms. The Labute approximate surface area is 106 Å². The van der Waals surface area contributed by atoms with Gasteiger partial charge < -0.3 is 14.9 Å². The van der Waals surface area contributed by atoms with Crippen molar-refractivity contribution in [2.45, 2.75) is 13.8 Å². The summed E-state index contributed by atoms with van der Waals surface area (Å²) >= 11 is 0.